The van der Waals surface area contributed by atoms with Crippen LogP contribution in [0.1, 0.15) is 34.2 Å². The molecule has 1 amide bonds. The van der Waals surface area contributed by atoms with Gasteiger partial charge in [-0.25, -0.2) is 0 Å². The van der Waals surface area contributed by atoms with E-state index in [0.29, 0.717) is 16.9 Å². The van der Waals surface area contributed by atoms with Gasteiger partial charge in [0.15, 0.2) is 0 Å². The van der Waals surface area contributed by atoms with Gasteiger partial charge in [-0.1, -0.05) is 13.0 Å². The highest BCUT2D eigenvalue weighted by Crippen LogP contribution is 2.17. The predicted octanol–water partition coefficient (Wildman–Crippen LogP) is 2.41. The molecule has 0 unspecified atom stereocenters. The third-order valence-electron chi connectivity index (χ3n) is 3.14. The zero-order chi connectivity index (χ0) is 14.7. The summed E-state index contributed by atoms with van der Waals surface area (Å²) in [5.74, 6) is -0.224. The summed E-state index contributed by atoms with van der Waals surface area (Å²) in [4.78, 5) is 12.3. The molecule has 0 saturated carbocycles. The van der Waals surface area contributed by atoms with Crippen LogP contribution in [-0.4, -0.2) is 15.7 Å². The maximum absolute atomic E-state index is 12.3. The highest BCUT2D eigenvalue weighted by Gasteiger charge is 2.14. The number of anilines is 1. The first-order chi connectivity index (χ1) is 9.55. The average Bonchev–Trinajstić information content (AvgIpc) is 2.82. The van der Waals surface area contributed by atoms with Crippen molar-refractivity contribution in [1.29, 1.82) is 5.26 Å². The second kappa shape index (κ2) is 5.57. The van der Waals surface area contributed by atoms with Crippen LogP contribution in [0.25, 0.3) is 0 Å². The summed E-state index contributed by atoms with van der Waals surface area (Å²) in [5.41, 5.74) is 3.46. The van der Waals surface area contributed by atoms with E-state index in [2.05, 4.69) is 16.5 Å². The quantitative estimate of drug-likeness (QED) is 0.929. The Labute approximate surface area is 117 Å². The van der Waals surface area contributed by atoms with Gasteiger partial charge in [0.1, 0.15) is 5.69 Å². The lowest BCUT2D eigenvalue weighted by molar-refractivity contribution is 0.101. The molecule has 1 heterocycles. The Hall–Kier alpha value is -2.61. The number of hydrogen-bond acceptors (Lipinski definition) is 3. The van der Waals surface area contributed by atoms with E-state index < -0.39 is 0 Å². The lowest BCUT2D eigenvalue weighted by Gasteiger charge is -2.08. The molecule has 102 valence electrons. The van der Waals surface area contributed by atoms with E-state index in [4.69, 9.17) is 5.26 Å². The van der Waals surface area contributed by atoms with E-state index in [9.17, 15) is 4.79 Å². The summed E-state index contributed by atoms with van der Waals surface area (Å²) in [6.07, 6.45) is 0.782. The van der Waals surface area contributed by atoms with Gasteiger partial charge in [-0.05, 0) is 37.1 Å². The Morgan fingerprint density at radius 3 is 2.80 bits per heavy atom. The smallest absolute Gasteiger partial charge is 0.273 e. The molecule has 1 aromatic heterocycles. The number of nitriles is 1. The van der Waals surface area contributed by atoms with Gasteiger partial charge in [-0.2, -0.15) is 10.4 Å². The van der Waals surface area contributed by atoms with E-state index in [0.717, 1.165) is 17.7 Å². The zero-order valence-corrected chi connectivity index (χ0v) is 11.8. The van der Waals surface area contributed by atoms with Crippen LogP contribution in [0.4, 0.5) is 5.69 Å². The fourth-order valence-corrected chi connectivity index (χ4v) is 1.92. The molecule has 0 bridgehead atoms. The molecule has 2 rings (SSSR count). The monoisotopic (exact) mass is 268 g/mol. The van der Waals surface area contributed by atoms with E-state index in [1.54, 1.807) is 29.9 Å². The maximum atomic E-state index is 12.3. The summed E-state index contributed by atoms with van der Waals surface area (Å²) < 4.78 is 1.57. The molecule has 0 fully saturated rings. The third kappa shape index (κ3) is 2.69. The third-order valence-corrected chi connectivity index (χ3v) is 3.14. The normalized spacial score (nSPS) is 10.1. The minimum atomic E-state index is -0.224. The largest absolute Gasteiger partial charge is 0.320 e. The van der Waals surface area contributed by atoms with E-state index in [-0.39, 0.29) is 5.91 Å². The Kier molecular flexibility index (Phi) is 3.85. The zero-order valence-electron chi connectivity index (χ0n) is 11.8. The summed E-state index contributed by atoms with van der Waals surface area (Å²) in [6, 6.07) is 9.05. The van der Waals surface area contributed by atoms with Crippen molar-refractivity contribution < 1.29 is 4.79 Å². The molecule has 5 nitrogen and oxygen atoms in total. The average molecular weight is 268 g/mol. The van der Waals surface area contributed by atoms with Crippen molar-refractivity contribution in [1.82, 2.24) is 9.78 Å². The lowest BCUT2D eigenvalue weighted by atomic mass is 10.1. The highest BCUT2D eigenvalue weighted by molar-refractivity contribution is 6.03. The molecular formula is C15H16N4O. The molecule has 0 aliphatic rings. The minimum absolute atomic E-state index is 0.224. The van der Waals surface area contributed by atoms with Crippen LogP contribution in [0.5, 0.6) is 0 Å². The Morgan fingerprint density at radius 2 is 2.20 bits per heavy atom. The van der Waals surface area contributed by atoms with Crippen molar-refractivity contribution in [3.8, 4) is 6.07 Å². The standard InChI is InChI=1S/C15H16N4O/c1-4-12-8-14(19(3)18-12)15(20)17-13-7-11(9-16)6-5-10(13)2/h5-8H,4H2,1-3H3,(H,17,20). The Balaban J connectivity index is 2.27. The van der Waals surface area contributed by atoms with Gasteiger partial charge in [0, 0.05) is 12.7 Å². The second-order valence-corrected chi connectivity index (χ2v) is 4.59. The number of aryl methyl sites for hydroxylation is 3. The number of nitrogens with zero attached hydrogens (tertiary/aromatic N) is 3. The van der Waals surface area contributed by atoms with Gasteiger partial charge >= 0.3 is 0 Å². The van der Waals surface area contributed by atoms with Crippen LogP contribution >= 0.6 is 0 Å². The molecule has 0 atom stereocenters. The van der Waals surface area contributed by atoms with Gasteiger partial charge in [0.05, 0.1) is 17.3 Å². The molecule has 1 N–H and O–H groups in total. The van der Waals surface area contributed by atoms with E-state index in [1.807, 2.05) is 19.9 Å². The number of amides is 1. The number of benzene rings is 1. The van der Waals surface area contributed by atoms with Crippen LogP contribution in [0.15, 0.2) is 24.3 Å². The molecule has 0 saturated heterocycles. The highest BCUT2D eigenvalue weighted by atomic mass is 16.2. The maximum Gasteiger partial charge on any atom is 0.273 e. The predicted molar refractivity (Wildman–Crippen MR) is 76.4 cm³/mol. The van der Waals surface area contributed by atoms with Crippen molar-refractivity contribution in [2.45, 2.75) is 20.3 Å². The van der Waals surface area contributed by atoms with E-state index >= 15 is 0 Å². The lowest BCUT2D eigenvalue weighted by Crippen LogP contribution is -2.16. The molecule has 5 heteroatoms. The molecule has 0 aliphatic carbocycles. The van der Waals surface area contributed by atoms with Crippen molar-refractivity contribution in [3.63, 3.8) is 0 Å². The number of nitrogens with one attached hydrogen (secondary N) is 1. The molecule has 0 aliphatic heterocycles. The van der Waals surface area contributed by atoms with Crippen LogP contribution in [0.2, 0.25) is 0 Å². The van der Waals surface area contributed by atoms with Crippen LogP contribution in [0.3, 0.4) is 0 Å². The first-order valence-electron chi connectivity index (χ1n) is 6.40. The number of carbonyl (C=O) groups excluding carboxylic acids is 1. The Bertz CT molecular complexity index is 694. The molecule has 20 heavy (non-hydrogen) atoms. The number of carbonyl (C=O) groups is 1. The number of hydrogen-bond donors (Lipinski definition) is 1. The number of aromatic nitrogens is 2. The first-order valence-corrected chi connectivity index (χ1v) is 6.40. The van der Waals surface area contributed by atoms with Crippen LogP contribution in [-0.2, 0) is 13.5 Å². The summed E-state index contributed by atoms with van der Waals surface area (Å²) in [6.45, 7) is 3.88. The van der Waals surface area contributed by atoms with Crippen LogP contribution < -0.4 is 5.32 Å². The van der Waals surface area contributed by atoms with Gasteiger partial charge < -0.3 is 5.32 Å². The summed E-state index contributed by atoms with van der Waals surface area (Å²) in [7, 11) is 1.74. The van der Waals surface area contributed by atoms with Gasteiger partial charge in [-0.3, -0.25) is 9.48 Å². The molecular weight excluding hydrogens is 252 g/mol. The van der Waals surface area contributed by atoms with E-state index in [1.165, 1.54) is 0 Å². The fraction of sp³-hybridized carbons (Fsp3) is 0.267. The van der Waals surface area contributed by atoms with Gasteiger partial charge in [0.25, 0.3) is 5.91 Å². The van der Waals surface area contributed by atoms with Crippen molar-refractivity contribution in [3.05, 3.63) is 46.8 Å². The van der Waals surface area contributed by atoms with Crippen molar-refractivity contribution in [2.75, 3.05) is 5.32 Å². The molecule has 2 aromatic rings. The van der Waals surface area contributed by atoms with Crippen LogP contribution in [0, 0.1) is 18.3 Å². The Morgan fingerprint density at radius 1 is 1.45 bits per heavy atom. The second-order valence-electron chi connectivity index (χ2n) is 4.59. The van der Waals surface area contributed by atoms with Crippen molar-refractivity contribution >= 4 is 11.6 Å². The fourth-order valence-electron chi connectivity index (χ4n) is 1.92. The SMILES string of the molecule is CCc1cc(C(=O)Nc2cc(C#N)ccc2C)n(C)n1. The molecule has 0 radical (unpaired) electrons. The molecule has 1 aromatic carbocycles. The van der Waals surface area contributed by atoms with Crippen molar-refractivity contribution in [2.24, 2.45) is 7.05 Å². The summed E-state index contributed by atoms with van der Waals surface area (Å²) >= 11 is 0. The molecule has 0 spiro atoms. The van der Waals surface area contributed by atoms with Gasteiger partial charge in [-0.15, -0.1) is 0 Å². The minimum Gasteiger partial charge on any atom is -0.320 e. The summed E-state index contributed by atoms with van der Waals surface area (Å²) in [5, 5.41) is 16.0. The first kappa shape index (κ1) is 13.8. The number of rotatable bonds is 3. The topological polar surface area (TPSA) is 70.7 Å². The van der Waals surface area contributed by atoms with Gasteiger partial charge in [0.2, 0.25) is 0 Å².